The summed E-state index contributed by atoms with van der Waals surface area (Å²) in [6, 6.07) is 9.79. The number of aliphatic hydroxyl groups excluding tert-OH is 1. The second-order valence-electron chi connectivity index (χ2n) is 6.91. The molecule has 0 bridgehead atoms. The highest BCUT2D eigenvalue weighted by Crippen LogP contribution is 2.32. The summed E-state index contributed by atoms with van der Waals surface area (Å²) < 4.78 is 5.70. The van der Waals surface area contributed by atoms with E-state index in [1.165, 1.54) is 0 Å². The number of amides is 1. The van der Waals surface area contributed by atoms with Crippen molar-refractivity contribution in [3.05, 3.63) is 35.9 Å². The fourth-order valence-electron chi connectivity index (χ4n) is 4.01. The van der Waals surface area contributed by atoms with Crippen LogP contribution >= 0.6 is 0 Å². The zero-order valence-electron chi connectivity index (χ0n) is 14.4. The molecule has 24 heavy (non-hydrogen) atoms. The molecule has 2 N–H and O–H groups in total. The highest BCUT2D eigenvalue weighted by Gasteiger charge is 2.45. The largest absolute Gasteiger partial charge is 0.388 e. The van der Waals surface area contributed by atoms with Gasteiger partial charge >= 0.3 is 0 Å². The number of nitrogens with zero attached hydrogens (tertiary/aromatic N) is 1. The molecule has 3 rings (SSSR count). The lowest BCUT2D eigenvalue weighted by molar-refractivity contribution is -0.159. The van der Waals surface area contributed by atoms with E-state index in [1.807, 2.05) is 35.2 Å². The van der Waals surface area contributed by atoms with E-state index in [9.17, 15) is 9.90 Å². The van der Waals surface area contributed by atoms with Crippen molar-refractivity contribution in [3.8, 4) is 0 Å². The average Bonchev–Trinajstić information content (AvgIpc) is 3.10. The average molecular weight is 332 g/mol. The summed E-state index contributed by atoms with van der Waals surface area (Å²) in [5.41, 5.74) is 0.228. The van der Waals surface area contributed by atoms with Gasteiger partial charge in [-0.2, -0.15) is 0 Å². The summed E-state index contributed by atoms with van der Waals surface area (Å²) in [4.78, 5) is 15.1. The minimum atomic E-state index is -0.689. The van der Waals surface area contributed by atoms with Crippen LogP contribution in [0.3, 0.4) is 0 Å². The van der Waals surface area contributed by atoms with E-state index in [0.717, 1.165) is 38.0 Å². The maximum absolute atomic E-state index is 13.2. The fourth-order valence-corrected chi connectivity index (χ4v) is 4.01. The van der Waals surface area contributed by atoms with Crippen LogP contribution < -0.4 is 5.32 Å². The number of methoxy groups -OCH3 is 1. The van der Waals surface area contributed by atoms with Crippen molar-refractivity contribution < 1.29 is 14.6 Å². The van der Waals surface area contributed by atoms with Crippen molar-refractivity contribution in [2.75, 3.05) is 26.7 Å². The molecule has 0 aliphatic carbocycles. The Labute approximate surface area is 144 Å². The Balaban J connectivity index is 1.69. The molecule has 1 aromatic rings. The first-order valence-electron chi connectivity index (χ1n) is 8.96. The molecule has 5 heteroatoms. The summed E-state index contributed by atoms with van der Waals surface area (Å²) in [5, 5.41) is 13.8. The van der Waals surface area contributed by atoms with Crippen LogP contribution in [0.5, 0.6) is 0 Å². The number of benzene rings is 1. The summed E-state index contributed by atoms with van der Waals surface area (Å²) >= 11 is 0. The van der Waals surface area contributed by atoms with Gasteiger partial charge in [-0.1, -0.05) is 30.3 Å². The monoisotopic (exact) mass is 332 g/mol. The number of hydrogen-bond donors (Lipinski definition) is 2. The van der Waals surface area contributed by atoms with Crippen LogP contribution in [0.4, 0.5) is 0 Å². The van der Waals surface area contributed by atoms with Gasteiger partial charge in [-0.05, 0) is 50.8 Å². The Morgan fingerprint density at radius 2 is 2.08 bits per heavy atom. The molecule has 0 spiro atoms. The van der Waals surface area contributed by atoms with Crippen molar-refractivity contribution in [2.24, 2.45) is 0 Å². The van der Waals surface area contributed by atoms with E-state index in [2.05, 4.69) is 5.32 Å². The van der Waals surface area contributed by atoms with Crippen molar-refractivity contribution in [1.29, 1.82) is 0 Å². The normalized spacial score (nSPS) is 24.8. The maximum atomic E-state index is 13.2. The lowest BCUT2D eigenvalue weighted by Crippen LogP contribution is -2.56. The molecule has 2 fully saturated rings. The summed E-state index contributed by atoms with van der Waals surface area (Å²) in [7, 11) is 1.65. The number of likely N-dealkylation sites (tertiary alicyclic amines) is 1. The van der Waals surface area contributed by atoms with Crippen LogP contribution in [0.2, 0.25) is 0 Å². The van der Waals surface area contributed by atoms with Crippen LogP contribution in [0.15, 0.2) is 30.3 Å². The van der Waals surface area contributed by atoms with E-state index in [4.69, 9.17) is 4.74 Å². The van der Waals surface area contributed by atoms with E-state index in [-0.39, 0.29) is 11.9 Å². The quantitative estimate of drug-likeness (QED) is 0.864. The number of piperidine rings is 1. The fraction of sp³-hybridized carbons (Fsp3) is 0.632. The third kappa shape index (κ3) is 3.48. The first kappa shape index (κ1) is 17.4. The molecule has 1 amide bonds. The van der Waals surface area contributed by atoms with Gasteiger partial charge < -0.3 is 20.1 Å². The van der Waals surface area contributed by atoms with Gasteiger partial charge in [0.2, 0.25) is 0 Å². The third-order valence-electron chi connectivity index (χ3n) is 5.51. The summed E-state index contributed by atoms with van der Waals surface area (Å²) in [6.07, 6.45) is 3.44. The molecule has 2 unspecified atom stereocenters. The Morgan fingerprint density at radius 1 is 1.38 bits per heavy atom. The molecule has 0 saturated carbocycles. The number of carbonyl (C=O) groups is 1. The van der Waals surface area contributed by atoms with Crippen LogP contribution in [-0.2, 0) is 9.53 Å². The van der Waals surface area contributed by atoms with Gasteiger partial charge in [0.1, 0.15) is 5.60 Å². The molecule has 2 aliphatic heterocycles. The molecule has 0 aromatic heterocycles. The van der Waals surface area contributed by atoms with Crippen LogP contribution in [0, 0.1) is 0 Å². The minimum absolute atomic E-state index is 0.0922. The van der Waals surface area contributed by atoms with Gasteiger partial charge in [-0.25, -0.2) is 0 Å². The molecular weight excluding hydrogens is 304 g/mol. The predicted octanol–water partition coefficient (Wildman–Crippen LogP) is 1.87. The van der Waals surface area contributed by atoms with Crippen molar-refractivity contribution in [1.82, 2.24) is 10.2 Å². The standard InChI is InChI=1S/C19H28N2O3/c1-24-19(9-11-20-12-10-19)18(23)21-13-5-8-16(21)14-17(22)15-6-3-2-4-7-15/h2-4,6-7,16-17,20,22H,5,8-14H2,1H3. The molecule has 2 atom stereocenters. The Morgan fingerprint density at radius 3 is 2.75 bits per heavy atom. The number of rotatable bonds is 5. The molecular formula is C19H28N2O3. The molecule has 132 valence electrons. The van der Waals surface area contributed by atoms with Gasteiger partial charge in [-0.3, -0.25) is 4.79 Å². The zero-order chi connectivity index (χ0) is 17.0. The second kappa shape index (κ2) is 7.64. The molecule has 2 saturated heterocycles. The smallest absolute Gasteiger partial charge is 0.255 e. The van der Waals surface area contributed by atoms with Crippen molar-refractivity contribution in [3.63, 3.8) is 0 Å². The Kier molecular flexibility index (Phi) is 5.54. The first-order chi connectivity index (χ1) is 11.7. The topological polar surface area (TPSA) is 61.8 Å². The number of carbonyl (C=O) groups excluding carboxylic acids is 1. The van der Waals surface area contributed by atoms with Gasteiger partial charge in [0.05, 0.1) is 6.10 Å². The third-order valence-corrected chi connectivity index (χ3v) is 5.51. The molecule has 1 aromatic carbocycles. The maximum Gasteiger partial charge on any atom is 0.255 e. The Hall–Kier alpha value is -1.43. The van der Waals surface area contributed by atoms with E-state index >= 15 is 0 Å². The summed E-state index contributed by atoms with van der Waals surface area (Å²) in [5.74, 6) is 0.106. The van der Waals surface area contributed by atoms with Crippen LogP contribution in [-0.4, -0.2) is 54.3 Å². The zero-order valence-corrected chi connectivity index (χ0v) is 14.4. The van der Waals surface area contributed by atoms with E-state index in [0.29, 0.717) is 19.3 Å². The molecule has 2 heterocycles. The molecule has 0 radical (unpaired) electrons. The Bertz CT molecular complexity index is 543. The first-order valence-corrected chi connectivity index (χ1v) is 8.96. The number of hydrogen-bond acceptors (Lipinski definition) is 4. The minimum Gasteiger partial charge on any atom is -0.388 e. The van der Waals surface area contributed by atoms with E-state index in [1.54, 1.807) is 7.11 Å². The molecule has 5 nitrogen and oxygen atoms in total. The van der Waals surface area contributed by atoms with Gasteiger partial charge in [0.25, 0.3) is 5.91 Å². The lowest BCUT2D eigenvalue weighted by atomic mass is 9.89. The highest BCUT2D eigenvalue weighted by molar-refractivity contribution is 5.86. The SMILES string of the molecule is COC1(C(=O)N2CCCC2CC(O)c2ccccc2)CCNCC1. The number of aliphatic hydroxyl groups is 1. The second-order valence-corrected chi connectivity index (χ2v) is 6.91. The summed E-state index contributed by atoms with van der Waals surface area (Å²) in [6.45, 7) is 2.39. The highest BCUT2D eigenvalue weighted by atomic mass is 16.5. The lowest BCUT2D eigenvalue weighted by Gasteiger charge is -2.39. The van der Waals surface area contributed by atoms with E-state index < -0.39 is 11.7 Å². The number of nitrogens with one attached hydrogen (secondary N) is 1. The van der Waals surface area contributed by atoms with Gasteiger partial charge in [0, 0.05) is 19.7 Å². The number of ether oxygens (including phenoxy) is 1. The van der Waals surface area contributed by atoms with Gasteiger partial charge in [-0.15, -0.1) is 0 Å². The predicted molar refractivity (Wildman–Crippen MR) is 92.6 cm³/mol. The van der Waals surface area contributed by atoms with Crippen molar-refractivity contribution >= 4 is 5.91 Å². The molecule has 2 aliphatic rings. The van der Waals surface area contributed by atoms with Gasteiger partial charge in [0.15, 0.2) is 0 Å². The van der Waals surface area contributed by atoms with Crippen molar-refractivity contribution in [2.45, 2.75) is 49.9 Å². The van der Waals surface area contributed by atoms with Crippen LogP contribution in [0.25, 0.3) is 0 Å². The van der Waals surface area contributed by atoms with Crippen LogP contribution in [0.1, 0.15) is 43.8 Å².